The highest BCUT2D eigenvalue weighted by molar-refractivity contribution is 5.75. The third-order valence-electron chi connectivity index (χ3n) is 4.05. The summed E-state index contributed by atoms with van der Waals surface area (Å²) in [5.41, 5.74) is 2.89. The Labute approximate surface area is 148 Å². The summed E-state index contributed by atoms with van der Waals surface area (Å²) in [7, 11) is 3.11. The molecule has 0 spiro atoms. The molecule has 2 aromatic carbocycles. The van der Waals surface area contributed by atoms with Gasteiger partial charge in [-0.15, -0.1) is 0 Å². The first-order valence-electron chi connectivity index (χ1n) is 8.25. The van der Waals surface area contributed by atoms with Crippen LogP contribution in [-0.4, -0.2) is 25.2 Å². The molecule has 2 N–H and O–H groups in total. The summed E-state index contributed by atoms with van der Waals surface area (Å²) in [6, 6.07) is 13.3. The van der Waals surface area contributed by atoms with Gasteiger partial charge in [0.15, 0.2) is 0 Å². The van der Waals surface area contributed by atoms with Crippen molar-refractivity contribution in [1.82, 2.24) is 5.32 Å². The van der Waals surface area contributed by atoms with Gasteiger partial charge in [0.1, 0.15) is 11.5 Å². The second kappa shape index (κ2) is 9.08. The zero-order valence-electron chi connectivity index (χ0n) is 14.9. The van der Waals surface area contributed by atoms with Crippen LogP contribution < -0.4 is 14.8 Å². The molecule has 2 rings (SSSR count). The number of methoxy groups -OCH3 is 2. The quantitative estimate of drug-likeness (QED) is 0.773. The average Bonchev–Trinajstić information content (AvgIpc) is 2.65. The minimum atomic E-state index is -0.772. The minimum Gasteiger partial charge on any atom is -0.497 e. The fourth-order valence-corrected chi connectivity index (χ4v) is 2.51. The first-order chi connectivity index (χ1) is 12.0. The van der Waals surface area contributed by atoms with Crippen LogP contribution in [0.4, 0.5) is 0 Å². The molecule has 0 aliphatic carbocycles. The molecule has 0 aromatic heterocycles. The number of aliphatic hydroxyl groups excluding tert-OH is 1. The maximum absolute atomic E-state index is 12.0. The van der Waals surface area contributed by atoms with Gasteiger partial charge in [0.2, 0.25) is 5.91 Å². The molecule has 134 valence electrons. The van der Waals surface area contributed by atoms with Crippen LogP contribution in [0.2, 0.25) is 0 Å². The second-order valence-electron chi connectivity index (χ2n) is 5.92. The van der Waals surface area contributed by atoms with Gasteiger partial charge in [-0.2, -0.15) is 0 Å². The van der Waals surface area contributed by atoms with Crippen molar-refractivity contribution in [2.45, 2.75) is 32.4 Å². The van der Waals surface area contributed by atoms with Crippen LogP contribution in [0.5, 0.6) is 11.5 Å². The number of carbonyl (C=O) groups excluding carboxylic acids is 1. The van der Waals surface area contributed by atoms with Crippen LogP contribution in [0, 0.1) is 6.92 Å². The smallest absolute Gasteiger partial charge is 0.220 e. The van der Waals surface area contributed by atoms with Gasteiger partial charge >= 0.3 is 0 Å². The Hall–Kier alpha value is -2.53. The molecule has 1 amide bonds. The van der Waals surface area contributed by atoms with E-state index in [2.05, 4.69) is 5.32 Å². The van der Waals surface area contributed by atoms with Crippen molar-refractivity contribution < 1.29 is 19.4 Å². The lowest BCUT2D eigenvalue weighted by molar-refractivity contribution is -0.121. The van der Waals surface area contributed by atoms with E-state index >= 15 is 0 Å². The number of ether oxygens (including phenoxy) is 2. The Balaban J connectivity index is 1.85. The lowest BCUT2D eigenvalue weighted by atomic mass is 10.0. The van der Waals surface area contributed by atoms with Gasteiger partial charge in [0, 0.05) is 24.6 Å². The lowest BCUT2D eigenvalue weighted by Crippen LogP contribution is -2.23. The maximum Gasteiger partial charge on any atom is 0.220 e. The molecule has 0 saturated carbocycles. The first kappa shape index (κ1) is 18.8. The number of aliphatic hydroxyl groups is 1. The van der Waals surface area contributed by atoms with Crippen molar-refractivity contribution in [1.29, 1.82) is 0 Å². The molecule has 0 bridgehead atoms. The predicted octanol–water partition coefficient (Wildman–Crippen LogP) is 3.14. The van der Waals surface area contributed by atoms with Crippen LogP contribution in [0.15, 0.2) is 42.5 Å². The Bertz CT molecular complexity index is 697. The van der Waals surface area contributed by atoms with Gasteiger partial charge in [-0.05, 0) is 31.0 Å². The average molecular weight is 343 g/mol. The van der Waals surface area contributed by atoms with Crippen molar-refractivity contribution in [3.63, 3.8) is 0 Å². The Morgan fingerprint density at radius 2 is 1.84 bits per heavy atom. The third kappa shape index (κ3) is 5.50. The van der Waals surface area contributed by atoms with E-state index in [1.165, 1.54) is 5.56 Å². The number of hydrogen-bond donors (Lipinski definition) is 2. The molecule has 0 aliphatic rings. The van der Waals surface area contributed by atoms with Crippen LogP contribution in [-0.2, 0) is 11.3 Å². The van der Waals surface area contributed by atoms with Gasteiger partial charge in [-0.25, -0.2) is 0 Å². The molecule has 1 atom stereocenters. The highest BCUT2D eigenvalue weighted by Gasteiger charge is 2.15. The number of hydrogen-bond acceptors (Lipinski definition) is 4. The lowest BCUT2D eigenvalue weighted by Gasteiger charge is -2.15. The fraction of sp³-hybridized carbons (Fsp3) is 0.350. The van der Waals surface area contributed by atoms with E-state index < -0.39 is 6.10 Å². The summed E-state index contributed by atoms with van der Waals surface area (Å²) >= 11 is 0. The van der Waals surface area contributed by atoms with E-state index in [0.29, 0.717) is 30.0 Å². The molecular formula is C20H25NO4. The topological polar surface area (TPSA) is 67.8 Å². The van der Waals surface area contributed by atoms with Crippen LogP contribution in [0.25, 0.3) is 0 Å². The number of amides is 1. The van der Waals surface area contributed by atoms with Crippen molar-refractivity contribution >= 4 is 5.91 Å². The number of rotatable bonds is 8. The summed E-state index contributed by atoms with van der Waals surface area (Å²) in [6.45, 7) is 2.51. The molecule has 0 saturated heterocycles. The van der Waals surface area contributed by atoms with Crippen molar-refractivity contribution in [3.05, 3.63) is 59.2 Å². The first-order valence-corrected chi connectivity index (χ1v) is 8.25. The van der Waals surface area contributed by atoms with E-state index in [9.17, 15) is 9.90 Å². The van der Waals surface area contributed by atoms with Gasteiger partial charge < -0.3 is 19.9 Å². The predicted molar refractivity (Wildman–Crippen MR) is 96.8 cm³/mol. The minimum absolute atomic E-state index is 0.0906. The largest absolute Gasteiger partial charge is 0.497 e. The number of carbonyl (C=O) groups is 1. The zero-order valence-corrected chi connectivity index (χ0v) is 14.9. The Morgan fingerprint density at radius 3 is 2.48 bits per heavy atom. The Kier molecular flexibility index (Phi) is 6.83. The highest BCUT2D eigenvalue weighted by Crippen LogP contribution is 2.31. The van der Waals surface area contributed by atoms with Gasteiger partial charge in [0.25, 0.3) is 0 Å². The van der Waals surface area contributed by atoms with E-state index in [4.69, 9.17) is 9.47 Å². The van der Waals surface area contributed by atoms with Crippen LogP contribution in [0.1, 0.15) is 35.6 Å². The number of aryl methyl sites for hydroxylation is 1. The van der Waals surface area contributed by atoms with Crippen molar-refractivity contribution in [2.75, 3.05) is 14.2 Å². The standard InChI is InChI=1S/C20H25NO4/c1-14-4-6-15(7-5-14)13-21-20(23)11-10-18(22)17-9-8-16(24-2)12-19(17)25-3/h4-9,12,18,22H,10-11,13H2,1-3H3,(H,21,23). The SMILES string of the molecule is COc1ccc(C(O)CCC(=O)NCc2ccc(C)cc2)c(OC)c1. The molecule has 2 aromatic rings. The normalized spacial score (nSPS) is 11.7. The van der Waals surface area contributed by atoms with E-state index in [-0.39, 0.29) is 12.3 Å². The second-order valence-corrected chi connectivity index (χ2v) is 5.92. The van der Waals surface area contributed by atoms with E-state index in [1.807, 2.05) is 31.2 Å². The molecule has 25 heavy (non-hydrogen) atoms. The number of nitrogens with one attached hydrogen (secondary N) is 1. The van der Waals surface area contributed by atoms with E-state index in [0.717, 1.165) is 5.56 Å². The fourth-order valence-electron chi connectivity index (χ4n) is 2.51. The van der Waals surface area contributed by atoms with Gasteiger partial charge in [-0.1, -0.05) is 29.8 Å². The summed E-state index contributed by atoms with van der Waals surface area (Å²) in [4.78, 5) is 12.0. The van der Waals surface area contributed by atoms with Crippen LogP contribution >= 0.6 is 0 Å². The molecule has 5 nitrogen and oxygen atoms in total. The monoisotopic (exact) mass is 343 g/mol. The third-order valence-corrected chi connectivity index (χ3v) is 4.05. The van der Waals surface area contributed by atoms with Gasteiger partial charge in [-0.3, -0.25) is 4.79 Å². The summed E-state index contributed by atoms with van der Waals surface area (Å²) in [6.07, 6.45) is -0.212. The van der Waals surface area contributed by atoms with Gasteiger partial charge in [0.05, 0.1) is 20.3 Å². The van der Waals surface area contributed by atoms with E-state index in [1.54, 1.807) is 32.4 Å². The summed E-state index contributed by atoms with van der Waals surface area (Å²) in [5.74, 6) is 1.11. The molecule has 0 aliphatic heterocycles. The molecule has 1 unspecified atom stereocenters. The molecule has 0 radical (unpaired) electrons. The molecule has 0 fully saturated rings. The molecular weight excluding hydrogens is 318 g/mol. The highest BCUT2D eigenvalue weighted by atomic mass is 16.5. The molecule has 5 heteroatoms. The Morgan fingerprint density at radius 1 is 1.12 bits per heavy atom. The van der Waals surface area contributed by atoms with Crippen molar-refractivity contribution in [3.8, 4) is 11.5 Å². The van der Waals surface area contributed by atoms with Crippen molar-refractivity contribution in [2.24, 2.45) is 0 Å². The molecule has 0 heterocycles. The summed E-state index contributed by atoms with van der Waals surface area (Å²) in [5, 5.41) is 13.2. The van der Waals surface area contributed by atoms with Crippen LogP contribution in [0.3, 0.4) is 0 Å². The number of benzene rings is 2. The zero-order chi connectivity index (χ0) is 18.2. The maximum atomic E-state index is 12.0. The summed E-state index contributed by atoms with van der Waals surface area (Å²) < 4.78 is 10.4.